The molecule has 9 heteroatoms. The van der Waals surface area contributed by atoms with Crippen molar-refractivity contribution in [3.63, 3.8) is 0 Å². The van der Waals surface area contributed by atoms with Crippen molar-refractivity contribution in [1.82, 2.24) is 9.47 Å². The summed E-state index contributed by atoms with van der Waals surface area (Å²) in [6, 6.07) is 11.6. The first-order valence-electron chi connectivity index (χ1n) is 10.5. The van der Waals surface area contributed by atoms with Gasteiger partial charge in [-0.05, 0) is 55.7 Å². The lowest BCUT2D eigenvalue weighted by Gasteiger charge is -2.15. The third-order valence-electron chi connectivity index (χ3n) is 5.56. The third kappa shape index (κ3) is 5.24. The largest absolute Gasteiger partial charge is 0.416 e. The van der Waals surface area contributed by atoms with Gasteiger partial charge in [-0.25, -0.2) is 0 Å². The highest BCUT2D eigenvalue weighted by Gasteiger charge is 2.30. The summed E-state index contributed by atoms with van der Waals surface area (Å²) in [4.78, 5) is 31.4. The SMILES string of the molecule is Cc1csc(=NC(=O)c2cccc(C(F)(F)F)c2)n1Cc1ccc(C(=O)N2CCCC2)cc1. The highest BCUT2D eigenvalue weighted by Crippen LogP contribution is 2.29. The number of nitrogens with zero attached hydrogens (tertiary/aromatic N) is 3. The monoisotopic (exact) mass is 473 g/mol. The zero-order valence-corrected chi connectivity index (χ0v) is 18.7. The van der Waals surface area contributed by atoms with Crippen molar-refractivity contribution in [3.05, 3.63) is 86.7 Å². The molecule has 33 heavy (non-hydrogen) atoms. The van der Waals surface area contributed by atoms with Crippen molar-refractivity contribution < 1.29 is 22.8 Å². The smallest absolute Gasteiger partial charge is 0.339 e. The van der Waals surface area contributed by atoms with Crippen molar-refractivity contribution in [2.75, 3.05) is 13.1 Å². The summed E-state index contributed by atoms with van der Waals surface area (Å²) in [6.45, 7) is 3.86. The molecule has 172 valence electrons. The summed E-state index contributed by atoms with van der Waals surface area (Å²) in [6.07, 6.45) is -2.47. The molecule has 1 fully saturated rings. The quantitative estimate of drug-likeness (QED) is 0.541. The van der Waals surface area contributed by atoms with Crippen LogP contribution in [0.15, 0.2) is 58.9 Å². The van der Waals surface area contributed by atoms with Crippen molar-refractivity contribution in [3.8, 4) is 0 Å². The molecule has 5 nitrogen and oxygen atoms in total. The summed E-state index contributed by atoms with van der Waals surface area (Å²) in [5, 5.41) is 1.84. The number of carbonyl (C=O) groups excluding carboxylic acids is 2. The molecule has 2 aromatic carbocycles. The first-order valence-corrected chi connectivity index (χ1v) is 11.4. The molecular weight excluding hydrogens is 451 g/mol. The lowest BCUT2D eigenvalue weighted by molar-refractivity contribution is -0.137. The lowest BCUT2D eigenvalue weighted by Crippen LogP contribution is -2.27. The van der Waals surface area contributed by atoms with Gasteiger partial charge in [0.25, 0.3) is 11.8 Å². The topological polar surface area (TPSA) is 54.7 Å². The highest BCUT2D eigenvalue weighted by molar-refractivity contribution is 7.07. The molecule has 1 saturated heterocycles. The molecular formula is C24H22F3N3O2S. The molecule has 0 aliphatic carbocycles. The van der Waals surface area contributed by atoms with Crippen molar-refractivity contribution in [2.45, 2.75) is 32.5 Å². The van der Waals surface area contributed by atoms with E-state index in [0.717, 1.165) is 49.3 Å². The van der Waals surface area contributed by atoms with Crippen LogP contribution in [0.2, 0.25) is 0 Å². The van der Waals surface area contributed by atoms with Gasteiger partial charge in [0.05, 0.1) is 12.1 Å². The van der Waals surface area contributed by atoms with Crippen LogP contribution in [0, 0.1) is 6.92 Å². The van der Waals surface area contributed by atoms with E-state index in [4.69, 9.17) is 0 Å². The van der Waals surface area contributed by atoms with Gasteiger partial charge >= 0.3 is 6.18 Å². The van der Waals surface area contributed by atoms with Gasteiger partial charge in [-0.1, -0.05) is 18.2 Å². The Labute approximate surface area is 192 Å². The maximum absolute atomic E-state index is 13.0. The summed E-state index contributed by atoms with van der Waals surface area (Å²) in [7, 11) is 0. The van der Waals surface area contributed by atoms with Crippen LogP contribution in [-0.2, 0) is 12.7 Å². The number of aryl methyl sites for hydroxylation is 1. The number of alkyl halides is 3. The van der Waals surface area contributed by atoms with E-state index in [1.54, 1.807) is 12.1 Å². The molecule has 0 atom stereocenters. The number of benzene rings is 2. The van der Waals surface area contributed by atoms with E-state index in [-0.39, 0.29) is 11.5 Å². The van der Waals surface area contributed by atoms with Crippen LogP contribution in [0.4, 0.5) is 13.2 Å². The first-order chi connectivity index (χ1) is 15.7. The average molecular weight is 474 g/mol. The minimum Gasteiger partial charge on any atom is -0.339 e. The number of halogens is 3. The molecule has 1 aromatic heterocycles. The van der Waals surface area contributed by atoms with Gasteiger partial charge in [0, 0.05) is 35.3 Å². The Balaban J connectivity index is 1.55. The van der Waals surface area contributed by atoms with Gasteiger partial charge in [-0.15, -0.1) is 11.3 Å². The number of hydrogen-bond donors (Lipinski definition) is 0. The van der Waals surface area contributed by atoms with Crippen molar-refractivity contribution in [2.24, 2.45) is 4.99 Å². The molecule has 2 heterocycles. The van der Waals surface area contributed by atoms with E-state index in [1.807, 2.05) is 33.9 Å². The van der Waals surface area contributed by atoms with Crippen molar-refractivity contribution >= 4 is 23.2 Å². The predicted molar refractivity (Wildman–Crippen MR) is 119 cm³/mol. The minimum absolute atomic E-state index is 0.0285. The van der Waals surface area contributed by atoms with E-state index in [0.29, 0.717) is 16.9 Å². The molecule has 2 amide bonds. The number of amides is 2. The fraction of sp³-hybridized carbons (Fsp3) is 0.292. The Morgan fingerprint density at radius 3 is 2.39 bits per heavy atom. The van der Waals surface area contributed by atoms with Gasteiger partial charge in [0.1, 0.15) is 0 Å². The van der Waals surface area contributed by atoms with Gasteiger partial charge in [0.2, 0.25) is 0 Å². The van der Waals surface area contributed by atoms with Gasteiger partial charge in [0.15, 0.2) is 4.80 Å². The summed E-state index contributed by atoms with van der Waals surface area (Å²) in [5.74, 6) is -0.705. The van der Waals surface area contributed by atoms with Crippen LogP contribution >= 0.6 is 11.3 Å². The Kier molecular flexibility index (Phi) is 6.51. The summed E-state index contributed by atoms with van der Waals surface area (Å²) < 4.78 is 40.7. The maximum Gasteiger partial charge on any atom is 0.416 e. The fourth-order valence-electron chi connectivity index (χ4n) is 3.71. The van der Waals surface area contributed by atoms with E-state index >= 15 is 0 Å². The second kappa shape index (κ2) is 9.35. The predicted octanol–water partition coefficient (Wildman–Crippen LogP) is 4.90. The van der Waals surface area contributed by atoms with Crippen LogP contribution in [-0.4, -0.2) is 34.4 Å². The van der Waals surface area contributed by atoms with Crippen molar-refractivity contribution in [1.29, 1.82) is 0 Å². The molecule has 0 saturated carbocycles. The fourth-order valence-corrected chi connectivity index (χ4v) is 4.59. The van der Waals surface area contributed by atoms with Gasteiger partial charge in [-0.3, -0.25) is 9.59 Å². The Hall–Kier alpha value is -3.20. The van der Waals surface area contributed by atoms with Crippen LogP contribution < -0.4 is 4.80 Å². The molecule has 0 radical (unpaired) electrons. The number of aromatic nitrogens is 1. The summed E-state index contributed by atoms with van der Waals surface area (Å²) in [5.41, 5.74) is 1.42. The number of thiazole rings is 1. The van der Waals surface area contributed by atoms with Gasteiger partial charge in [-0.2, -0.15) is 18.2 Å². The average Bonchev–Trinajstić information content (AvgIpc) is 3.45. The zero-order valence-electron chi connectivity index (χ0n) is 17.9. The van der Waals surface area contributed by atoms with Crippen LogP contribution in [0.3, 0.4) is 0 Å². The molecule has 0 N–H and O–H groups in total. The van der Waals surface area contributed by atoms with E-state index in [2.05, 4.69) is 4.99 Å². The number of likely N-dealkylation sites (tertiary alicyclic amines) is 1. The second-order valence-corrected chi connectivity index (χ2v) is 8.77. The zero-order chi connectivity index (χ0) is 23.6. The molecule has 0 unspecified atom stereocenters. The first kappa shape index (κ1) is 23.0. The number of rotatable bonds is 4. The Bertz CT molecular complexity index is 1240. The Morgan fingerprint density at radius 2 is 1.73 bits per heavy atom. The second-order valence-electron chi connectivity index (χ2n) is 7.94. The van der Waals surface area contributed by atoms with Crippen LogP contribution in [0.1, 0.15) is 50.4 Å². The third-order valence-corrected chi connectivity index (χ3v) is 6.54. The highest BCUT2D eigenvalue weighted by atomic mass is 32.1. The van der Waals surface area contributed by atoms with Crippen LogP contribution in [0.5, 0.6) is 0 Å². The number of hydrogen-bond acceptors (Lipinski definition) is 3. The molecule has 0 spiro atoms. The normalized spacial score (nSPS) is 14.7. The molecule has 1 aliphatic rings. The standard InChI is InChI=1S/C24H22F3N3O2S/c1-16-15-33-23(28-21(31)19-5-4-6-20(13-19)24(25,26)27)30(16)14-17-7-9-18(10-8-17)22(32)29-11-2-3-12-29/h4-10,13,15H,2-3,11-12,14H2,1H3. The van der Waals surface area contributed by atoms with E-state index < -0.39 is 17.6 Å². The minimum atomic E-state index is -4.53. The van der Waals surface area contributed by atoms with Crippen LogP contribution in [0.25, 0.3) is 0 Å². The lowest BCUT2D eigenvalue weighted by atomic mass is 10.1. The van der Waals surface area contributed by atoms with Gasteiger partial charge < -0.3 is 9.47 Å². The molecule has 1 aliphatic heterocycles. The Morgan fingerprint density at radius 1 is 1.03 bits per heavy atom. The molecule has 4 rings (SSSR count). The van der Waals surface area contributed by atoms with E-state index in [9.17, 15) is 22.8 Å². The number of carbonyl (C=O) groups is 2. The van der Waals surface area contributed by atoms with E-state index in [1.165, 1.54) is 23.5 Å². The molecule has 3 aromatic rings. The summed E-state index contributed by atoms with van der Waals surface area (Å²) >= 11 is 1.25. The molecule has 0 bridgehead atoms. The maximum atomic E-state index is 13.0.